The summed E-state index contributed by atoms with van der Waals surface area (Å²) in [4.78, 5) is 16.3. The molecule has 0 spiro atoms. The summed E-state index contributed by atoms with van der Waals surface area (Å²) in [5.41, 5.74) is 8.66. The van der Waals surface area contributed by atoms with Crippen LogP contribution in [0.3, 0.4) is 0 Å². The predicted octanol–water partition coefficient (Wildman–Crippen LogP) is 4.40. The van der Waals surface area contributed by atoms with Gasteiger partial charge in [0.1, 0.15) is 0 Å². The lowest BCUT2D eigenvalue weighted by atomic mass is 10.0. The van der Waals surface area contributed by atoms with Crippen molar-refractivity contribution in [2.24, 2.45) is 11.7 Å². The van der Waals surface area contributed by atoms with E-state index in [1.807, 2.05) is 6.07 Å². The fraction of sp³-hybridized carbons (Fsp3) is 0.476. The first kappa shape index (κ1) is 19.5. The van der Waals surface area contributed by atoms with E-state index >= 15 is 0 Å². The van der Waals surface area contributed by atoms with Gasteiger partial charge in [0.05, 0.1) is 0 Å². The Balaban J connectivity index is 0.000000948. The molecule has 1 saturated heterocycles. The van der Waals surface area contributed by atoms with Gasteiger partial charge in [0.15, 0.2) is 0 Å². The fourth-order valence-electron chi connectivity index (χ4n) is 3.82. The van der Waals surface area contributed by atoms with Crippen LogP contribution in [0.4, 0.5) is 0 Å². The topological polar surface area (TPSA) is 46.3 Å². The summed E-state index contributed by atoms with van der Waals surface area (Å²) in [5.74, 6) is 0.923. The van der Waals surface area contributed by atoms with Crippen molar-refractivity contribution >= 4 is 29.9 Å². The minimum absolute atomic E-state index is 0.177. The van der Waals surface area contributed by atoms with Gasteiger partial charge in [-0.3, -0.25) is 4.79 Å². The lowest BCUT2D eigenvalue weighted by Crippen LogP contribution is -2.34. The van der Waals surface area contributed by atoms with Gasteiger partial charge >= 0.3 is 0 Å². The molecule has 2 N–H and O–H groups in total. The van der Waals surface area contributed by atoms with Gasteiger partial charge in [0.2, 0.25) is 5.91 Å². The number of amides is 1. The number of thiophene rings is 1. The van der Waals surface area contributed by atoms with Gasteiger partial charge < -0.3 is 10.6 Å². The summed E-state index contributed by atoms with van der Waals surface area (Å²) in [5, 5.41) is 2.16. The van der Waals surface area contributed by atoms with E-state index in [-0.39, 0.29) is 12.0 Å². The number of hydrogen-bond acceptors (Lipinski definition) is 4. The Labute approximate surface area is 166 Å². The minimum Gasteiger partial charge on any atom is -0.342 e. The second-order valence-corrected chi connectivity index (χ2v) is 7.95. The SMILES string of the molecule is CS.NC1CCCN(C(=O)C2CC2c2ccsc2-c2ccccc2)CC1. The molecule has 26 heavy (non-hydrogen) atoms. The highest BCUT2D eigenvalue weighted by Gasteiger charge is 2.47. The lowest BCUT2D eigenvalue weighted by molar-refractivity contribution is -0.132. The lowest BCUT2D eigenvalue weighted by Gasteiger charge is -2.20. The molecule has 1 aliphatic heterocycles. The van der Waals surface area contributed by atoms with Crippen LogP contribution in [-0.4, -0.2) is 36.2 Å². The van der Waals surface area contributed by atoms with E-state index in [2.05, 4.69) is 53.2 Å². The zero-order valence-corrected chi connectivity index (χ0v) is 17.0. The standard InChI is InChI=1S/C20H24N2OS.CH4S/c21-15-7-4-10-22(11-8-15)20(23)18-13-17(18)16-9-12-24-19(16)14-5-2-1-3-6-14;1-2/h1-3,5-6,9,12,15,17-18H,4,7-8,10-11,13,21H2;2H,1H3. The van der Waals surface area contributed by atoms with Crippen LogP contribution in [0.15, 0.2) is 41.8 Å². The summed E-state index contributed by atoms with van der Waals surface area (Å²) in [6.07, 6.45) is 5.72. The Morgan fingerprint density at radius 1 is 1.15 bits per heavy atom. The van der Waals surface area contributed by atoms with Crippen molar-refractivity contribution in [2.75, 3.05) is 19.3 Å². The Kier molecular flexibility index (Phi) is 6.79. The zero-order chi connectivity index (χ0) is 18.5. The average molecular weight is 389 g/mol. The van der Waals surface area contributed by atoms with E-state index in [1.165, 1.54) is 16.0 Å². The highest BCUT2D eigenvalue weighted by Crippen LogP contribution is 2.52. The van der Waals surface area contributed by atoms with Crippen molar-refractivity contribution in [3.8, 4) is 10.4 Å². The Bertz CT molecular complexity index is 716. The first-order valence-corrected chi connectivity index (χ1v) is 11.1. The molecule has 1 aromatic carbocycles. The first-order valence-electron chi connectivity index (χ1n) is 9.36. The van der Waals surface area contributed by atoms with Crippen LogP contribution in [0.5, 0.6) is 0 Å². The molecule has 2 aromatic rings. The Morgan fingerprint density at radius 3 is 2.69 bits per heavy atom. The predicted molar refractivity (Wildman–Crippen MR) is 114 cm³/mol. The Morgan fingerprint density at radius 2 is 1.92 bits per heavy atom. The van der Waals surface area contributed by atoms with E-state index in [1.54, 1.807) is 17.6 Å². The van der Waals surface area contributed by atoms with E-state index in [4.69, 9.17) is 5.73 Å². The van der Waals surface area contributed by atoms with E-state index < -0.39 is 0 Å². The maximum absolute atomic E-state index is 12.9. The number of benzene rings is 1. The second kappa shape index (κ2) is 9.07. The number of likely N-dealkylation sites (tertiary alicyclic amines) is 1. The summed E-state index contributed by atoms with van der Waals surface area (Å²) in [7, 11) is 0. The molecule has 140 valence electrons. The molecule has 3 unspecified atom stereocenters. The van der Waals surface area contributed by atoms with Crippen molar-refractivity contribution in [1.82, 2.24) is 4.90 Å². The molecule has 1 aromatic heterocycles. The molecule has 0 bridgehead atoms. The third-order valence-electron chi connectivity index (χ3n) is 5.32. The Hall–Kier alpha value is -1.30. The second-order valence-electron chi connectivity index (χ2n) is 7.04. The molecule has 2 aliphatic rings. The van der Waals surface area contributed by atoms with Crippen molar-refractivity contribution in [1.29, 1.82) is 0 Å². The molecule has 3 nitrogen and oxygen atoms in total. The molecule has 3 atom stereocenters. The van der Waals surface area contributed by atoms with Crippen LogP contribution in [0.1, 0.15) is 37.2 Å². The van der Waals surface area contributed by atoms with Gasteiger partial charge in [0, 0.05) is 29.9 Å². The molecule has 1 saturated carbocycles. The quantitative estimate of drug-likeness (QED) is 0.766. The van der Waals surface area contributed by atoms with Gasteiger partial charge in [-0.05, 0) is 60.4 Å². The number of nitrogens with zero attached hydrogens (tertiary/aromatic N) is 1. The molecule has 4 rings (SSSR count). The van der Waals surface area contributed by atoms with Crippen molar-refractivity contribution < 1.29 is 4.79 Å². The van der Waals surface area contributed by atoms with Gasteiger partial charge in [-0.1, -0.05) is 30.3 Å². The summed E-state index contributed by atoms with van der Waals surface area (Å²) < 4.78 is 0. The molecule has 2 heterocycles. The maximum atomic E-state index is 12.9. The highest BCUT2D eigenvalue weighted by molar-refractivity contribution is 7.79. The number of carbonyl (C=O) groups excluding carboxylic acids is 1. The molecule has 0 radical (unpaired) electrons. The molecular weight excluding hydrogens is 360 g/mol. The van der Waals surface area contributed by atoms with Crippen LogP contribution in [-0.2, 0) is 4.79 Å². The highest BCUT2D eigenvalue weighted by atomic mass is 32.1. The van der Waals surface area contributed by atoms with Crippen LogP contribution < -0.4 is 5.73 Å². The maximum Gasteiger partial charge on any atom is 0.226 e. The van der Waals surface area contributed by atoms with Gasteiger partial charge in [-0.15, -0.1) is 11.3 Å². The van der Waals surface area contributed by atoms with Crippen molar-refractivity contribution in [3.63, 3.8) is 0 Å². The monoisotopic (exact) mass is 388 g/mol. The fourth-order valence-corrected chi connectivity index (χ4v) is 4.80. The van der Waals surface area contributed by atoms with Crippen LogP contribution >= 0.6 is 24.0 Å². The minimum atomic E-state index is 0.177. The number of hydrogen-bond donors (Lipinski definition) is 2. The normalized spacial score (nSPS) is 25.0. The molecule has 2 fully saturated rings. The van der Waals surface area contributed by atoms with Crippen LogP contribution in [0.2, 0.25) is 0 Å². The summed E-state index contributed by atoms with van der Waals surface area (Å²) >= 11 is 5.31. The number of rotatable bonds is 3. The number of nitrogens with two attached hydrogens (primary N) is 1. The molecule has 5 heteroatoms. The summed E-state index contributed by atoms with van der Waals surface area (Å²) in [6.45, 7) is 1.71. The molecule has 1 aliphatic carbocycles. The van der Waals surface area contributed by atoms with Crippen molar-refractivity contribution in [2.45, 2.75) is 37.6 Å². The van der Waals surface area contributed by atoms with E-state index in [0.717, 1.165) is 38.8 Å². The van der Waals surface area contributed by atoms with Crippen LogP contribution in [0.25, 0.3) is 10.4 Å². The average Bonchev–Trinajstić information content (AvgIpc) is 3.39. The number of carbonyl (C=O) groups is 1. The molecular formula is C21H28N2OS2. The zero-order valence-electron chi connectivity index (χ0n) is 15.3. The van der Waals surface area contributed by atoms with Crippen molar-refractivity contribution in [3.05, 3.63) is 47.3 Å². The third-order valence-corrected chi connectivity index (χ3v) is 6.30. The van der Waals surface area contributed by atoms with E-state index in [9.17, 15) is 4.79 Å². The van der Waals surface area contributed by atoms with Crippen LogP contribution in [0, 0.1) is 5.92 Å². The molecule has 1 amide bonds. The van der Waals surface area contributed by atoms with Gasteiger partial charge in [-0.2, -0.15) is 12.6 Å². The third kappa shape index (κ3) is 4.33. The van der Waals surface area contributed by atoms with Gasteiger partial charge in [0.25, 0.3) is 0 Å². The van der Waals surface area contributed by atoms with E-state index in [0.29, 0.717) is 11.8 Å². The number of thiol groups is 1. The smallest absolute Gasteiger partial charge is 0.226 e. The first-order chi connectivity index (χ1) is 12.7. The largest absolute Gasteiger partial charge is 0.342 e. The van der Waals surface area contributed by atoms with Gasteiger partial charge in [-0.25, -0.2) is 0 Å². The summed E-state index contributed by atoms with van der Waals surface area (Å²) in [6, 6.07) is 13.0.